The molecule has 3 heterocycles. The molecule has 5 atom stereocenters. The van der Waals surface area contributed by atoms with Crippen LogP contribution < -0.4 is 0 Å². The van der Waals surface area contributed by atoms with Crippen LogP contribution >= 0.6 is 0 Å². The van der Waals surface area contributed by atoms with E-state index in [0.717, 1.165) is 23.3 Å². The first-order valence-corrected chi connectivity index (χ1v) is 14.5. The summed E-state index contributed by atoms with van der Waals surface area (Å²) in [6.45, 7) is 0.270. The van der Waals surface area contributed by atoms with Crippen molar-refractivity contribution in [3.63, 3.8) is 0 Å². The van der Waals surface area contributed by atoms with Gasteiger partial charge in [-0.3, -0.25) is 4.90 Å². The molecular formula is C32H31F6N5O2. The van der Waals surface area contributed by atoms with Gasteiger partial charge in [0.15, 0.2) is 5.82 Å². The fraction of sp³-hybridized carbons (Fsp3) is 0.406. The molecule has 2 saturated heterocycles. The number of alkyl halides is 6. The number of ether oxygens (including phenoxy) is 2. The summed E-state index contributed by atoms with van der Waals surface area (Å²) in [7, 11) is 1.34. The standard InChI is InChI=1S/C32H31F6N5O2/c1-44-19-27(21-14-23(31(33,34)35)16-24(15-21)32(36,37)38)45-28-13-12-26-25(29-39-41-42-40-29)17-30(28,22-10-6-3-7-11-22)43(26)18-20-8-4-2-5-9-20/h2-11,14-16,25-28H,12-13,17-19H2,1H3,(H,39,40,41,42)/t25-,26+,27+,28-,30-/m1/s1. The number of nitrogens with zero attached hydrogens (tertiary/aromatic N) is 4. The van der Waals surface area contributed by atoms with Gasteiger partial charge in [0.2, 0.25) is 0 Å². The smallest absolute Gasteiger partial charge is 0.382 e. The van der Waals surface area contributed by atoms with Gasteiger partial charge in [0.1, 0.15) is 6.10 Å². The minimum Gasteiger partial charge on any atom is -0.382 e. The van der Waals surface area contributed by atoms with Crippen LogP contribution in [0, 0.1) is 0 Å². The molecule has 2 aliphatic rings. The SMILES string of the molecule is COC[C@H](O[C@@H]1CC[C@H]2[C@H](c3nnn[nH]3)C[C@]1(c1ccccc1)N2Cc1ccccc1)c1cc(C(F)(F)F)cc(C(F)(F)F)c1. The lowest BCUT2D eigenvalue weighted by Crippen LogP contribution is -2.57. The Balaban J connectivity index is 1.47. The third-order valence-corrected chi connectivity index (χ3v) is 8.98. The summed E-state index contributed by atoms with van der Waals surface area (Å²) in [5, 5.41) is 14.8. The Labute approximate surface area is 255 Å². The first kappa shape index (κ1) is 31.2. The number of aromatic amines is 1. The molecule has 45 heavy (non-hydrogen) atoms. The number of aromatic nitrogens is 4. The van der Waals surface area contributed by atoms with Crippen molar-refractivity contribution < 1.29 is 35.8 Å². The molecule has 0 saturated carbocycles. The Morgan fingerprint density at radius 1 is 0.911 bits per heavy atom. The highest BCUT2D eigenvalue weighted by molar-refractivity contribution is 5.37. The summed E-state index contributed by atoms with van der Waals surface area (Å²) >= 11 is 0. The summed E-state index contributed by atoms with van der Waals surface area (Å²) in [5.41, 5.74) is -1.92. The highest BCUT2D eigenvalue weighted by Crippen LogP contribution is 2.58. The Kier molecular flexibility index (Phi) is 8.44. The highest BCUT2D eigenvalue weighted by atomic mass is 19.4. The molecule has 238 valence electrons. The van der Waals surface area contributed by atoms with Gasteiger partial charge >= 0.3 is 12.4 Å². The number of fused-ring (bicyclic) bond motifs is 2. The van der Waals surface area contributed by atoms with E-state index in [4.69, 9.17) is 9.47 Å². The van der Waals surface area contributed by atoms with Crippen LogP contribution in [-0.4, -0.2) is 51.4 Å². The maximum absolute atomic E-state index is 13.8. The first-order chi connectivity index (χ1) is 21.5. The molecule has 4 aromatic rings. The summed E-state index contributed by atoms with van der Waals surface area (Å²) < 4.78 is 95.0. The number of rotatable bonds is 9. The Morgan fingerprint density at radius 2 is 1.56 bits per heavy atom. The summed E-state index contributed by atoms with van der Waals surface area (Å²) in [6.07, 6.45) is -10.2. The van der Waals surface area contributed by atoms with Crippen LogP contribution in [0.2, 0.25) is 0 Å². The fourth-order valence-corrected chi connectivity index (χ4v) is 7.08. The average Bonchev–Trinajstić information content (AvgIpc) is 3.62. The van der Waals surface area contributed by atoms with Crippen molar-refractivity contribution in [1.29, 1.82) is 0 Å². The van der Waals surface area contributed by atoms with Crippen LogP contribution in [0.25, 0.3) is 0 Å². The molecular weight excluding hydrogens is 600 g/mol. The molecule has 2 fully saturated rings. The number of nitrogens with one attached hydrogen (secondary N) is 1. The fourth-order valence-electron chi connectivity index (χ4n) is 7.08. The Hall–Kier alpha value is -3.81. The number of hydrogen-bond acceptors (Lipinski definition) is 6. The van der Waals surface area contributed by atoms with Crippen LogP contribution in [0.5, 0.6) is 0 Å². The number of tetrazole rings is 1. The maximum Gasteiger partial charge on any atom is 0.416 e. The highest BCUT2D eigenvalue weighted by Gasteiger charge is 2.61. The normalized spacial score (nSPS) is 24.6. The zero-order valence-electron chi connectivity index (χ0n) is 24.2. The van der Waals surface area contributed by atoms with Crippen molar-refractivity contribution in [2.24, 2.45) is 0 Å². The quantitative estimate of drug-likeness (QED) is 0.200. The zero-order valence-corrected chi connectivity index (χ0v) is 24.2. The molecule has 0 unspecified atom stereocenters. The molecule has 13 heteroatoms. The van der Waals surface area contributed by atoms with Crippen LogP contribution in [0.15, 0.2) is 78.9 Å². The van der Waals surface area contributed by atoms with Crippen molar-refractivity contribution in [3.8, 4) is 0 Å². The van der Waals surface area contributed by atoms with Gasteiger partial charge in [0, 0.05) is 25.6 Å². The first-order valence-electron chi connectivity index (χ1n) is 14.5. The second-order valence-electron chi connectivity index (χ2n) is 11.6. The summed E-state index contributed by atoms with van der Waals surface area (Å²) in [6, 6.07) is 21.1. The lowest BCUT2D eigenvalue weighted by molar-refractivity contribution is -0.148. The largest absolute Gasteiger partial charge is 0.416 e. The van der Waals surface area contributed by atoms with Gasteiger partial charge in [-0.25, -0.2) is 5.10 Å². The molecule has 0 aliphatic carbocycles. The van der Waals surface area contributed by atoms with Crippen molar-refractivity contribution >= 4 is 0 Å². The van der Waals surface area contributed by atoms with Gasteiger partial charge < -0.3 is 9.47 Å². The number of piperidine rings is 1. The number of benzene rings is 3. The molecule has 6 rings (SSSR count). The predicted octanol–water partition coefficient (Wildman–Crippen LogP) is 7.06. The van der Waals surface area contributed by atoms with Crippen LogP contribution in [-0.2, 0) is 33.9 Å². The van der Waals surface area contributed by atoms with Gasteiger partial charge in [0.05, 0.1) is 29.4 Å². The molecule has 0 amide bonds. The lowest BCUT2D eigenvalue weighted by Gasteiger charge is -2.51. The molecule has 2 aliphatic heterocycles. The molecule has 7 nitrogen and oxygen atoms in total. The van der Waals surface area contributed by atoms with Crippen molar-refractivity contribution in [2.75, 3.05) is 13.7 Å². The second kappa shape index (κ2) is 12.2. The van der Waals surface area contributed by atoms with Gasteiger partial charge in [0.25, 0.3) is 0 Å². The minimum absolute atomic E-state index is 0.0220. The second-order valence-corrected chi connectivity index (χ2v) is 11.6. The van der Waals surface area contributed by atoms with Crippen LogP contribution in [0.3, 0.4) is 0 Å². The maximum atomic E-state index is 13.8. The van der Waals surface area contributed by atoms with Crippen molar-refractivity contribution in [3.05, 3.63) is 113 Å². The molecule has 0 spiro atoms. The van der Waals surface area contributed by atoms with Crippen LogP contribution in [0.1, 0.15) is 64.9 Å². The number of halogens is 6. The Bertz CT molecular complexity index is 1540. The van der Waals surface area contributed by atoms with E-state index < -0.39 is 41.2 Å². The number of hydrogen-bond donors (Lipinski definition) is 1. The molecule has 0 radical (unpaired) electrons. The number of methoxy groups -OCH3 is 1. The molecule has 1 N–H and O–H groups in total. The Morgan fingerprint density at radius 3 is 2.13 bits per heavy atom. The van der Waals surface area contributed by atoms with E-state index >= 15 is 0 Å². The lowest BCUT2D eigenvalue weighted by atomic mass is 9.78. The monoisotopic (exact) mass is 631 g/mol. The number of H-pyrrole nitrogens is 1. The molecule has 1 aromatic heterocycles. The van der Waals surface area contributed by atoms with E-state index in [-0.39, 0.29) is 30.2 Å². The molecule has 3 aromatic carbocycles. The van der Waals surface area contributed by atoms with Crippen molar-refractivity contribution in [2.45, 2.75) is 67.9 Å². The topological polar surface area (TPSA) is 76.2 Å². The van der Waals surface area contributed by atoms with Crippen molar-refractivity contribution in [1.82, 2.24) is 25.5 Å². The van der Waals surface area contributed by atoms with Gasteiger partial charge in [-0.15, -0.1) is 5.10 Å². The van der Waals surface area contributed by atoms with E-state index in [9.17, 15) is 26.3 Å². The van der Waals surface area contributed by atoms with E-state index in [2.05, 4.69) is 25.5 Å². The third kappa shape index (κ3) is 6.08. The van der Waals surface area contributed by atoms with Crippen LogP contribution in [0.4, 0.5) is 26.3 Å². The third-order valence-electron chi connectivity index (χ3n) is 8.98. The van der Waals surface area contributed by atoms with E-state index in [0.29, 0.717) is 31.6 Å². The molecule has 2 bridgehead atoms. The van der Waals surface area contributed by atoms with Gasteiger partial charge in [-0.1, -0.05) is 60.7 Å². The van der Waals surface area contributed by atoms with E-state index in [1.165, 1.54) is 7.11 Å². The predicted molar refractivity (Wildman–Crippen MR) is 151 cm³/mol. The summed E-state index contributed by atoms with van der Waals surface area (Å²) in [5.74, 6) is 0.474. The van der Waals surface area contributed by atoms with E-state index in [1.807, 2.05) is 60.7 Å². The van der Waals surface area contributed by atoms with Gasteiger partial charge in [-0.2, -0.15) is 26.3 Å². The van der Waals surface area contributed by atoms with E-state index in [1.54, 1.807) is 0 Å². The van der Waals surface area contributed by atoms with Gasteiger partial charge in [-0.05, 0) is 64.6 Å². The summed E-state index contributed by atoms with van der Waals surface area (Å²) in [4.78, 5) is 2.34. The average molecular weight is 632 g/mol. The minimum atomic E-state index is -4.99. The zero-order chi connectivity index (χ0) is 31.8.